The van der Waals surface area contributed by atoms with Gasteiger partial charge in [-0.1, -0.05) is 22.5 Å². The lowest BCUT2D eigenvalue weighted by Crippen LogP contribution is -2.46. The van der Waals surface area contributed by atoms with Crippen LogP contribution in [-0.2, 0) is 4.74 Å². The molecule has 0 aliphatic carbocycles. The summed E-state index contributed by atoms with van der Waals surface area (Å²) < 4.78 is 6.34. The molecule has 0 saturated carbocycles. The summed E-state index contributed by atoms with van der Waals surface area (Å²) in [6, 6.07) is 0.634. The molecule has 1 unspecified atom stereocenters. The SMILES string of the molecule is C=C(Br)CN=C(NCC)N1CCC(N2CCOCC2)C1. The number of nitrogens with zero attached hydrogens (tertiary/aromatic N) is 3. The zero-order valence-electron chi connectivity index (χ0n) is 12.3. The molecule has 1 N–H and O–H groups in total. The largest absolute Gasteiger partial charge is 0.379 e. The number of hydrogen-bond donors (Lipinski definition) is 1. The van der Waals surface area contributed by atoms with E-state index in [0.717, 1.165) is 56.4 Å². The van der Waals surface area contributed by atoms with Crippen molar-refractivity contribution in [2.45, 2.75) is 19.4 Å². The van der Waals surface area contributed by atoms with E-state index in [-0.39, 0.29) is 0 Å². The average Bonchev–Trinajstić information content (AvgIpc) is 2.94. The van der Waals surface area contributed by atoms with Gasteiger partial charge >= 0.3 is 0 Å². The summed E-state index contributed by atoms with van der Waals surface area (Å²) >= 11 is 3.37. The highest BCUT2D eigenvalue weighted by atomic mass is 79.9. The van der Waals surface area contributed by atoms with Crippen LogP contribution in [0.3, 0.4) is 0 Å². The van der Waals surface area contributed by atoms with Crippen molar-refractivity contribution in [2.75, 3.05) is 52.5 Å². The molecule has 2 heterocycles. The molecule has 0 aromatic carbocycles. The fourth-order valence-electron chi connectivity index (χ4n) is 2.76. The normalized spacial score (nSPS) is 25.0. The quantitative estimate of drug-likeness (QED) is 0.615. The maximum Gasteiger partial charge on any atom is 0.194 e. The number of morpholine rings is 1. The van der Waals surface area contributed by atoms with Gasteiger partial charge in [0.1, 0.15) is 0 Å². The lowest BCUT2D eigenvalue weighted by atomic mass is 10.2. The van der Waals surface area contributed by atoms with Crippen molar-refractivity contribution >= 4 is 21.9 Å². The fraction of sp³-hybridized carbons (Fsp3) is 0.786. The Hall–Kier alpha value is -0.590. The summed E-state index contributed by atoms with van der Waals surface area (Å²) in [6.07, 6.45) is 1.21. The number of aliphatic imine (C=N–C) groups is 1. The highest BCUT2D eigenvalue weighted by molar-refractivity contribution is 9.11. The minimum Gasteiger partial charge on any atom is -0.379 e. The minimum absolute atomic E-state index is 0.626. The third-order valence-corrected chi connectivity index (χ3v) is 4.01. The van der Waals surface area contributed by atoms with E-state index in [0.29, 0.717) is 12.6 Å². The first-order chi connectivity index (χ1) is 9.70. The second-order valence-corrected chi connectivity index (χ2v) is 6.35. The number of nitrogens with one attached hydrogen (secondary N) is 1. The van der Waals surface area contributed by atoms with Gasteiger partial charge in [0.25, 0.3) is 0 Å². The third kappa shape index (κ3) is 4.46. The first-order valence-corrected chi connectivity index (χ1v) is 8.18. The van der Waals surface area contributed by atoms with E-state index >= 15 is 0 Å². The second kappa shape index (κ2) is 8.00. The predicted molar refractivity (Wildman–Crippen MR) is 86.4 cm³/mol. The van der Waals surface area contributed by atoms with Crippen LogP contribution in [0.2, 0.25) is 0 Å². The first-order valence-electron chi connectivity index (χ1n) is 7.39. The van der Waals surface area contributed by atoms with Crippen molar-refractivity contribution in [3.05, 3.63) is 11.1 Å². The summed E-state index contributed by atoms with van der Waals surface area (Å²) in [5.74, 6) is 1.00. The summed E-state index contributed by atoms with van der Waals surface area (Å²) in [4.78, 5) is 9.53. The van der Waals surface area contributed by atoms with Crippen molar-refractivity contribution in [3.8, 4) is 0 Å². The Morgan fingerprint density at radius 3 is 2.80 bits per heavy atom. The van der Waals surface area contributed by atoms with Gasteiger partial charge in [0.15, 0.2) is 5.96 Å². The van der Waals surface area contributed by atoms with Crippen molar-refractivity contribution < 1.29 is 4.74 Å². The molecule has 6 heteroatoms. The lowest BCUT2D eigenvalue weighted by molar-refractivity contribution is 0.0195. The Morgan fingerprint density at radius 2 is 2.15 bits per heavy atom. The Kier molecular flexibility index (Phi) is 6.32. The van der Waals surface area contributed by atoms with Gasteiger partial charge in [-0.05, 0) is 13.3 Å². The number of likely N-dealkylation sites (tertiary alicyclic amines) is 1. The van der Waals surface area contributed by atoms with Crippen LogP contribution in [0.25, 0.3) is 0 Å². The minimum atomic E-state index is 0.626. The molecule has 2 aliphatic rings. The van der Waals surface area contributed by atoms with Gasteiger partial charge in [-0.25, -0.2) is 4.99 Å². The van der Waals surface area contributed by atoms with Crippen LogP contribution in [0, 0.1) is 0 Å². The van der Waals surface area contributed by atoms with Gasteiger partial charge in [0.05, 0.1) is 19.8 Å². The van der Waals surface area contributed by atoms with Crippen LogP contribution < -0.4 is 5.32 Å². The highest BCUT2D eigenvalue weighted by Crippen LogP contribution is 2.17. The van der Waals surface area contributed by atoms with Gasteiger partial charge in [-0.15, -0.1) is 0 Å². The maximum atomic E-state index is 5.43. The summed E-state index contributed by atoms with van der Waals surface area (Å²) in [5.41, 5.74) is 0. The van der Waals surface area contributed by atoms with Crippen molar-refractivity contribution in [3.63, 3.8) is 0 Å². The smallest absolute Gasteiger partial charge is 0.194 e. The molecular formula is C14H25BrN4O. The monoisotopic (exact) mass is 344 g/mol. The zero-order chi connectivity index (χ0) is 14.4. The number of hydrogen-bond acceptors (Lipinski definition) is 3. The van der Waals surface area contributed by atoms with E-state index in [1.54, 1.807) is 0 Å². The van der Waals surface area contributed by atoms with E-state index in [1.807, 2.05) is 0 Å². The topological polar surface area (TPSA) is 40.1 Å². The lowest BCUT2D eigenvalue weighted by Gasteiger charge is -2.32. The molecule has 0 radical (unpaired) electrons. The predicted octanol–water partition coefficient (Wildman–Crippen LogP) is 1.27. The highest BCUT2D eigenvalue weighted by Gasteiger charge is 2.30. The van der Waals surface area contributed by atoms with Gasteiger partial charge in [-0.3, -0.25) is 4.90 Å². The maximum absolute atomic E-state index is 5.43. The molecule has 20 heavy (non-hydrogen) atoms. The molecule has 0 aromatic rings. The number of ether oxygens (including phenoxy) is 1. The van der Waals surface area contributed by atoms with Gasteiger partial charge in [0.2, 0.25) is 0 Å². The van der Waals surface area contributed by atoms with Crippen LogP contribution in [0.4, 0.5) is 0 Å². The zero-order valence-corrected chi connectivity index (χ0v) is 13.9. The summed E-state index contributed by atoms with van der Waals surface area (Å²) in [7, 11) is 0. The Morgan fingerprint density at radius 1 is 1.40 bits per heavy atom. The number of guanidine groups is 1. The van der Waals surface area contributed by atoms with E-state index in [1.165, 1.54) is 6.42 Å². The molecule has 2 saturated heterocycles. The molecule has 2 fully saturated rings. The third-order valence-electron chi connectivity index (χ3n) is 3.76. The van der Waals surface area contributed by atoms with E-state index in [4.69, 9.17) is 4.74 Å². The molecule has 114 valence electrons. The average molecular weight is 345 g/mol. The van der Waals surface area contributed by atoms with Crippen LogP contribution in [0.5, 0.6) is 0 Å². The molecule has 1 atom stereocenters. The Labute approximate surface area is 130 Å². The first kappa shape index (κ1) is 15.8. The molecule has 0 aromatic heterocycles. The van der Waals surface area contributed by atoms with Crippen molar-refractivity contribution in [1.29, 1.82) is 0 Å². The summed E-state index contributed by atoms with van der Waals surface area (Å²) in [6.45, 7) is 13.5. The summed E-state index contributed by atoms with van der Waals surface area (Å²) in [5, 5.41) is 3.37. The standard InChI is InChI=1S/C14H25BrN4O/c1-3-16-14(17-10-12(2)15)19-5-4-13(11-19)18-6-8-20-9-7-18/h13H,2-11H2,1H3,(H,16,17). The van der Waals surface area contributed by atoms with E-state index < -0.39 is 0 Å². The molecule has 0 bridgehead atoms. The number of halogens is 1. The molecule has 2 rings (SSSR count). The molecule has 0 spiro atoms. The van der Waals surface area contributed by atoms with Gasteiger partial charge in [0, 0.05) is 43.2 Å². The number of rotatable bonds is 4. The van der Waals surface area contributed by atoms with Crippen LogP contribution >= 0.6 is 15.9 Å². The van der Waals surface area contributed by atoms with Crippen LogP contribution in [0.15, 0.2) is 16.1 Å². The Bertz CT molecular complexity index is 355. The fourth-order valence-corrected chi connectivity index (χ4v) is 2.89. The van der Waals surface area contributed by atoms with Crippen molar-refractivity contribution in [2.24, 2.45) is 4.99 Å². The van der Waals surface area contributed by atoms with Crippen LogP contribution in [-0.4, -0.2) is 74.3 Å². The second-order valence-electron chi connectivity index (χ2n) is 5.22. The van der Waals surface area contributed by atoms with Gasteiger partial charge < -0.3 is 15.0 Å². The van der Waals surface area contributed by atoms with Gasteiger partial charge in [-0.2, -0.15) is 0 Å². The Balaban J connectivity index is 1.90. The van der Waals surface area contributed by atoms with Crippen molar-refractivity contribution in [1.82, 2.24) is 15.1 Å². The molecule has 5 nitrogen and oxygen atoms in total. The van der Waals surface area contributed by atoms with E-state index in [9.17, 15) is 0 Å². The van der Waals surface area contributed by atoms with E-state index in [2.05, 4.69) is 49.5 Å². The molecule has 0 amide bonds. The molecular weight excluding hydrogens is 320 g/mol. The van der Waals surface area contributed by atoms with Crippen LogP contribution in [0.1, 0.15) is 13.3 Å². The molecule has 2 aliphatic heterocycles.